The summed E-state index contributed by atoms with van der Waals surface area (Å²) in [4.78, 5) is 12.4. The maximum absolute atomic E-state index is 12.0. The average Bonchev–Trinajstić information content (AvgIpc) is 2.27. The SMILES string of the molecule is COc1ccc(Cl)cc1C(=O)NC(C)CC(N)=S. The van der Waals surface area contributed by atoms with E-state index in [4.69, 9.17) is 34.3 Å². The molecule has 1 aromatic rings. The topological polar surface area (TPSA) is 64.3 Å². The molecule has 18 heavy (non-hydrogen) atoms. The molecule has 1 aromatic carbocycles. The number of rotatable bonds is 5. The third-order valence-corrected chi connectivity index (χ3v) is 2.69. The van der Waals surface area contributed by atoms with Gasteiger partial charge in [-0.15, -0.1) is 0 Å². The van der Waals surface area contributed by atoms with Crippen LogP contribution in [0, 0.1) is 0 Å². The molecule has 1 atom stereocenters. The van der Waals surface area contributed by atoms with Gasteiger partial charge < -0.3 is 15.8 Å². The van der Waals surface area contributed by atoms with Crippen molar-refractivity contribution in [1.82, 2.24) is 5.32 Å². The van der Waals surface area contributed by atoms with Crippen LogP contribution in [0.4, 0.5) is 0 Å². The molecule has 0 aliphatic rings. The van der Waals surface area contributed by atoms with Crippen LogP contribution in [-0.2, 0) is 0 Å². The minimum absolute atomic E-state index is 0.140. The number of nitrogens with two attached hydrogens (primary N) is 1. The Bertz CT molecular complexity index is 465. The van der Waals surface area contributed by atoms with Crippen LogP contribution in [0.2, 0.25) is 5.02 Å². The van der Waals surface area contributed by atoms with Crippen molar-refractivity contribution in [1.29, 1.82) is 0 Å². The van der Waals surface area contributed by atoms with Crippen LogP contribution in [0.1, 0.15) is 23.7 Å². The van der Waals surface area contributed by atoms with Gasteiger partial charge in [0.25, 0.3) is 5.91 Å². The fourth-order valence-corrected chi connectivity index (χ4v) is 1.93. The highest BCUT2D eigenvalue weighted by molar-refractivity contribution is 7.80. The lowest BCUT2D eigenvalue weighted by atomic mass is 10.1. The molecule has 0 spiro atoms. The van der Waals surface area contributed by atoms with Gasteiger partial charge in [-0.25, -0.2) is 0 Å². The van der Waals surface area contributed by atoms with Gasteiger partial charge in [-0.3, -0.25) is 4.79 Å². The van der Waals surface area contributed by atoms with Crippen molar-refractivity contribution in [3.63, 3.8) is 0 Å². The summed E-state index contributed by atoms with van der Waals surface area (Å²) in [6.07, 6.45) is 0.448. The second kappa shape index (κ2) is 6.56. The van der Waals surface area contributed by atoms with E-state index in [0.717, 1.165) is 0 Å². The highest BCUT2D eigenvalue weighted by atomic mass is 35.5. The first-order chi connectivity index (χ1) is 8.43. The van der Waals surface area contributed by atoms with Gasteiger partial charge in [0.2, 0.25) is 0 Å². The van der Waals surface area contributed by atoms with E-state index in [9.17, 15) is 4.79 Å². The van der Waals surface area contributed by atoms with Crippen LogP contribution in [0.5, 0.6) is 5.75 Å². The van der Waals surface area contributed by atoms with Crippen molar-refractivity contribution in [2.24, 2.45) is 5.73 Å². The van der Waals surface area contributed by atoms with Crippen LogP contribution in [0.25, 0.3) is 0 Å². The lowest BCUT2D eigenvalue weighted by Gasteiger charge is -2.14. The summed E-state index contributed by atoms with van der Waals surface area (Å²) in [7, 11) is 1.50. The number of hydrogen-bond donors (Lipinski definition) is 2. The molecular weight excluding hydrogens is 272 g/mol. The number of hydrogen-bond acceptors (Lipinski definition) is 3. The molecule has 0 fully saturated rings. The number of halogens is 1. The fraction of sp³-hybridized carbons (Fsp3) is 0.333. The molecule has 0 saturated carbocycles. The van der Waals surface area contributed by atoms with E-state index in [1.165, 1.54) is 7.11 Å². The Labute approximate surface area is 116 Å². The minimum atomic E-state index is -0.266. The van der Waals surface area contributed by atoms with Gasteiger partial charge in [0.15, 0.2) is 0 Å². The summed E-state index contributed by atoms with van der Waals surface area (Å²) < 4.78 is 5.11. The fourth-order valence-electron chi connectivity index (χ4n) is 1.51. The van der Waals surface area contributed by atoms with Crippen LogP contribution in [0.3, 0.4) is 0 Å². The van der Waals surface area contributed by atoms with Gasteiger partial charge >= 0.3 is 0 Å². The van der Waals surface area contributed by atoms with E-state index in [0.29, 0.717) is 27.7 Å². The molecule has 0 aliphatic carbocycles. The van der Waals surface area contributed by atoms with Crippen LogP contribution in [-0.4, -0.2) is 24.0 Å². The van der Waals surface area contributed by atoms with Gasteiger partial charge in [0, 0.05) is 17.5 Å². The lowest BCUT2D eigenvalue weighted by molar-refractivity contribution is 0.0938. The molecule has 0 saturated heterocycles. The number of benzene rings is 1. The predicted octanol–water partition coefficient (Wildman–Crippen LogP) is 2.14. The molecule has 6 heteroatoms. The molecule has 0 radical (unpaired) electrons. The van der Waals surface area contributed by atoms with Crippen LogP contribution in [0.15, 0.2) is 18.2 Å². The Morgan fingerprint density at radius 1 is 1.61 bits per heavy atom. The molecule has 4 nitrogen and oxygen atoms in total. The Kier molecular flexibility index (Phi) is 5.37. The number of nitrogens with one attached hydrogen (secondary N) is 1. The number of carbonyl (C=O) groups excluding carboxylic acids is 1. The lowest BCUT2D eigenvalue weighted by Crippen LogP contribution is -2.35. The molecule has 1 rings (SSSR count). The average molecular weight is 287 g/mol. The van der Waals surface area contributed by atoms with Gasteiger partial charge in [-0.1, -0.05) is 23.8 Å². The zero-order chi connectivity index (χ0) is 13.7. The van der Waals surface area contributed by atoms with E-state index in [2.05, 4.69) is 5.32 Å². The normalized spacial score (nSPS) is 11.7. The second-order valence-corrected chi connectivity index (χ2v) is 4.85. The predicted molar refractivity (Wildman–Crippen MR) is 76.3 cm³/mol. The van der Waals surface area contributed by atoms with Crippen molar-refractivity contribution in [2.75, 3.05) is 7.11 Å². The van der Waals surface area contributed by atoms with E-state index in [1.807, 2.05) is 6.92 Å². The van der Waals surface area contributed by atoms with E-state index < -0.39 is 0 Å². The number of amides is 1. The highest BCUT2D eigenvalue weighted by Crippen LogP contribution is 2.22. The van der Waals surface area contributed by atoms with Crippen molar-refractivity contribution in [3.8, 4) is 5.75 Å². The Balaban J connectivity index is 2.83. The quantitative estimate of drug-likeness (QED) is 0.814. The van der Waals surface area contributed by atoms with Gasteiger partial charge in [-0.05, 0) is 25.1 Å². The summed E-state index contributed by atoms with van der Waals surface area (Å²) in [5.74, 6) is 0.206. The zero-order valence-corrected chi connectivity index (χ0v) is 11.8. The maximum Gasteiger partial charge on any atom is 0.255 e. The second-order valence-electron chi connectivity index (χ2n) is 3.89. The van der Waals surface area contributed by atoms with E-state index >= 15 is 0 Å². The number of methoxy groups -OCH3 is 1. The highest BCUT2D eigenvalue weighted by Gasteiger charge is 2.15. The molecule has 0 aliphatic heterocycles. The Morgan fingerprint density at radius 2 is 2.28 bits per heavy atom. The third kappa shape index (κ3) is 4.16. The van der Waals surface area contributed by atoms with Crippen molar-refractivity contribution >= 4 is 34.7 Å². The number of thiocarbonyl (C=S) groups is 1. The van der Waals surface area contributed by atoms with Crippen LogP contribution < -0.4 is 15.8 Å². The summed E-state index contributed by atoms with van der Waals surface area (Å²) >= 11 is 10.7. The summed E-state index contributed by atoms with van der Waals surface area (Å²) in [6, 6.07) is 4.73. The van der Waals surface area contributed by atoms with Gasteiger partial charge in [0.05, 0.1) is 17.7 Å². The molecule has 1 unspecified atom stereocenters. The molecule has 0 heterocycles. The molecule has 1 amide bonds. The largest absolute Gasteiger partial charge is 0.496 e. The minimum Gasteiger partial charge on any atom is -0.496 e. The molecule has 0 bridgehead atoms. The van der Waals surface area contributed by atoms with Crippen molar-refractivity contribution in [3.05, 3.63) is 28.8 Å². The monoisotopic (exact) mass is 286 g/mol. The first-order valence-electron chi connectivity index (χ1n) is 5.36. The molecule has 98 valence electrons. The number of ether oxygens (including phenoxy) is 1. The number of carbonyl (C=O) groups is 1. The molecule has 3 N–H and O–H groups in total. The van der Waals surface area contributed by atoms with Crippen molar-refractivity contribution in [2.45, 2.75) is 19.4 Å². The van der Waals surface area contributed by atoms with Crippen LogP contribution >= 0.6 is 23.8 Å². The summed E-state index contributed by atoms with van der Waals surface area (Å²) in [6.45, 7) is 1.83. The summed E-state index contributed by atoms with van der Waals surface area (Å²) in [5, 5.41) is 3.26. The summed E-state index contributed by atoms with van der Waals surface area (Å²) in [5.41, 5.74) is 5.81. The first-order valence-corrected chi connectivity index (χ1v) is 6.15. The third-order valence-electron chi connectivity index (χ3n) is 2.29. The smallest absolute Gasteiger partial charge is 0.255 e. The zero-order valence-electron chi connectivity index (χ0n) is 10.2. The standard InChI is InChI=1S/C12H15ClN2O2S/c1-7(5-11(14)18)15-12(16)9-6-8(13)3-4-10(9)17-2/h3-4,6-7H,5H2,1-2H3,(H2,14,18)(H,15,16). The molecular formula is C12H15ClN2O2S. The Hall–Kier alpha value is -1.33. The van der Waals surface area contributed by atoms with E-state index in [-0.39, 0.29) is 11.9 Å². The maximum atomic E-state index is 12.0. The first kappa shape index (κ1) is 14.7. The molecule has 0 aromatic heterocycles. The Morgan fingerprint density at radius 3 is 2.83 bits per heavy atom. The van der Waals surface area contributed by atoms with E-state index in [1.54, 1.807) is 18.2 Å². The van der Waals surface area contributed by atoms with Gasteiger partial charge in [0.1, 0.15) is 5.75 Å². The van der Waals surface area contributed by atoms with Gasteiger partial charge in [-0.2, -0.15) is 0 Å². The van der Waals surface area contributed by atoms with Crippen molar-refractivity contribution < 1.29 is 9.53 Å².